The molecule has 18 heavy (non-hydrogen) atoms. The molecule has 0 bridgehead atoms. The van der Waals surface area contributed by atoms with Crippen molar-refractivity contribution >= 4 is 5.82 Å². The van der Waals surface area contributed by atoms with Gasteiger partial charge in [0.2, 0.25) is 0 Å². The van der Waals surface area contributed by atoms with E-state index in [1.54, 1.807) is 0 Å². The zero-order valence-electron chi connectivity index (χ0n) is 11.2. The van der Waals surface area contributed by atoms with Crippen molar-refractivity contribution in [3.8, 4) is 0 Å². The largest absolute Gasteiger partial charge is 0.357 e. The van der Waals surface area contributed by atoms with Gasteiger partial charge < -0.3 is 10.2 Å². The summed E-state index contributed by atoms with van der Waals surface area (Å²) in [6, 6.07) is 5.16. The standard InChI is InChI=1S/C15H23N3/c1-2-18(11-12-3-4-12)15-8-5-13(10-17-15)9-16-14-6-7-14/h5,8,10,12,14,16H,2-4,6-7,9,11H2,1H3. The molecule has 2 saturated carbocycles. The Hall–Kier alpha value is -1.09. The van der Waals surface area contributed by atoms with Gasteiger partial charge in [-0.1, -0.05) is 6.07 Å². The summed E-state index contributed by atoms with van der Waals surface area (Å²) in [5, 5.41) is 3.52. The molecule has 1 aromatic heterocycles. The summed E-state index contributed by atoms with van der Waals surface area (Å²) in [5.41, 5.74) is 1.30. The maximum absolute atomic E-state index is 4.61. The lowest BCUT2D eigenvalue weighted by Gasteiger charge is -2.21. The molecular formula is C15H23N3. The first-order valence-electron chi connectivity index (χ1n) is 7.28. The van der Waals surface area contributed by atoms with Crippen LogP contribution < -0.4 is 10.2 Å². The van der Waals surface area contributed by atoms with E-state index in [-0.39, 0.29) is 0 Å². The van der Waals surface area contributed by atoms with Crippen molar-refractivity contribution in [1.82, 2.24) is 10.3 Å². The lowest BCUT2D eigenvalue weighted by molar-refractivity contribution is 0.684. The van der Waals surface area contributed by atoms with Crippen LogP contribution in [0.15, 0.2) is 18.3 Å². The zero-order valence-corrected chi connectivity index (χ0v) is 11.2. The van der Waals surface area contributed by atoms with Crippen molar-refractivity contribution < 1.29 is 0 Å². The molecule has 1 aromatic rings. The third kappa shape index (κ3) is 3.22. The van der Waals surface area contributed by atoms with E-state index in [0.717, 1.165) is 30.9 Å². The van der Waals surface area contributed by atoms with Crippen LogP contribution >= 0.6 is 0 Å². The molecule has 0 aromatic carbocycles. The quantitative estimate of drug-likeness (QED) is 0.800. The molecular weight excluding hydrogens is 222 g/mol. The summed E-state index contributed by atoms with van der Waals surface area (Å²) in [7, 11) is 0. The number of hydrogen-bond donors (Lipinski definition) is 1. The number of nitrogens with one attached hydrogen (secondary N) is 1. The van der Waals surface area contributed by atoms with Gasteiger partial charge in [-0.15, -0.1) is 0 Å². The average molecular weight is 245 g/mol. The minimum atomic E-state index is 0.770. The Bertz CT molecular complexity index is 379. The van der Waals surface area contributed by atoms with Crippen LogP contribution in [0.25, 0.3) is 0 Å². The second-order valence-electron chi connectivity index (χ2n) is 5.66. The van der Waals surface area contributed by atoms with Gasteiger partial charge in [0.05, 0.1) is 0 Å². The second-order valence-corrected chi connectivity index (χ2v) is 5.66. The Balaban J connectivity index is 1.57. The van der Waals surface area contributed by atoms with Gasteiger partial charge in [-0.05, 0) is 50.2 Å². The third-order valence-corrected chi connectivity index (χ3v) is 3.86. The lowest BCUT2D eigenvalue weighted by atomic mass is 10.2. The van der Waals surface area contributed by atoms with Crippen LogP contribution in [0.3, 0.4) is 0 Å². The van der Waals surface area contributed by atoms with Gasteiger partial charge in [0.25, 0.3) is 0 Å². The molecule has 0 radical (unpaired) electrons. The minimum absolute atomic E-state index is 0.770. The van der Waals surface area contributed by atoms with Crippen molar-refractivity contribution in [3.05, 3.63) is 23.9 Å². The fourth-order valence-corrected chi connectivity index (χ4v) is 2.25. The number of rotatable bonds is 7. The molecule has 98 valence electrons. The molecule has 0 amide bonds. The van der Waals surface area contributed by atoms with E-state index in [1.807, 2.05) is 6.20 Å². The highest BCUT2D eigenvalue weighted by molar-refractivity contribution is 5.39. The Labute approximate surface area is 110 Å². The van der Waals surface area contributed by atoms with E-state index in [4.69, 9.17) is 0 Å². The molecule has 0 unspecified atom stereocenters. The Morgan fingerprint density at radius 2 is 2.11 bits per heavy atom. The topological polar surface area (TPSA) is 28.2 Å². The van der Waals surface area contributed by atoms with E-state index in [1.165, 1.54) is 37.8 Å². The van der Waals surface area contributed by atoms with Crippen molar-refractivity contribution in [1.29, 1.82) is 0 Å². The van der Waals surface area contributed by atoms with Crippen LogP contribution in [0.4, 0.5) is 5.82 Å². The Morgan fingerprint density at radius 1 is 1.28 bits per heavy atom. The van der Waals surface area contributed by atoms with E-state index in [9.17, 15) is 0 Å². The molecule has 0 saturated heterocycles. The predicted molar refractivity (Wildman–Crippen MR) is 74.7 cm³/mol. The van der Waals surface area contributed by atoms with Crippen LogP contribution in [0.5, 0.6) is 0 Å². The fourth-order valence-electron chi connectivity index (χ4n) is 2.25. The van der Waals surface area contributed by atoms with E-state index in [2.05, 4.69) is 34.3 Å². The highest BCUT2D eigenvalue weighted by Crippen LogP contribution is 2.30. The third-order valence-electron chi connectivity index (χ3n) is 3.86. The molecule has 2 aliphatic carbocycles. The van der Waals surface area contributed by atoms with Gasteiger partial charge in [-0.2, -0.15) is 0 Å². The number of nitrogens with zero attached hydrogens (tertiary/aromatic N) is 2. The van der Waals surface area contributed by atoms with E-state index < -0.39 is 0 Å². The summed E-state index contributed by atoms with van der Waals surface area (Å²) in [4.78, 5) is 7.01. The van der Waals surface area contributed by atoms with Gasteiger partial charge in [-0.3, -0.25) is 0 Å². The number of hydrogen-bond acceptors (Lipinski definition) is 3. The Morgan fingerprint density at radius 3 is 2.67 bits per heavy atom. The minimum Gasteiger partial charge on any atom is -0.357 e. The molecule has 0 atom stereocenters. The summed E-state index contributed by atoms with van der Waals surface area (Å²) in [6.45, 7) is 5.42. The summed E-state index contributed by atoms with van der Waals surface area (Å²) in [6.07, 6.45) is 7.52. The molecule has 3 nitrogen and oxygen atoms in total. The first-order valence-corrected chi connectivity index (χ1v) is 7.28. The molecule has 2 aliphatic rings. The van der Waals surface area contributed by atoms with Gasteiger partial charge in [0.15, 0.2) is 0 Å². The molecule has 1 N–H and O–H groups in total. The fraction of sp³-hybridized carbons (Fsp3) is 0.667. The normalized spacial score (nSPS) is 18.9. The highest BCUT2D eigenvalue weighted by Gasteiger charge is 2.24. The Kier molecular flexibility index (Phi) is 3.50. The van der Waals surface area contributed by atoms with Crippen molar-refractivity contribution in [2.24, 2.45) is 5.92 Å². The second kappa shape index (κ2) is 5.27. The monoisotopic (exact) mass is 245 g/mol. The van der Waals surface area contributed by atoms with E-state index in [0.29, 0.717) is 0 Å². The van der Waals surface area contributed by atoms with Gasteiger partial charge in [-0.25, -0.2) is 4.98 Å². The number of aromatic nitrogens is 1. The lowest BCUT2D eigenvalue weighted by Crippen LogP contribution is -2.26. The first kappa shape index (κ1) is 12.0. The van der Waals surface area contributed by atoms with Gasteiger partial charge in [0.1, 0.15) is 5.82 Å². The first-order chi connectivity index (χ1) is 8.85. The molecule has 0 aliphatic heterocycles. The summed E-state index contributed by atoms with van der Waals surface area (Å²) < 4.78 is 0. The average Bonchev–Trinajstić information content (AvgIpc) is 3.28. The predicted octanol–water partition coefficient (Wildman–Crippen LogP) is 2.57. The maximum Gasteiger partial charge on any atom is 0.128 e. The summed E-state index contributed by atoms with van der Waals surface area (Å²) >= 11 is 0. The molecule has 1 heterocycles. The highest BCUT2D eigenvalue weighted by atomic mass is 15.2. The smallest absolute Gasteiger partial charge is 0.128 e. The number of anilines is 1. The van der Waals surface area contributed by atoms with Crippen molar-refractivity contribution in [3.63, 3.8) is 0 Å². The van der Waals surface area contributed by atoms with E-state index >= 15 is 0 Å². The van der Waals surface area contributed by atoms with Crippen molar-refractivity contribution in [2.75, 3.05) is 18.0 Å². The number of pyridine rings is 1. The maximum atomic E-state index is 4.61. The molecule has 3 rings (SSSR count). The van der Waals surface area contributed by atoms with Gasteiger partial charge >= 0.3 is 0 Å². The van der Waals surface area contributed by atoms with Crippen LogP contribution in [0, 0.1) is 5.92 Å². The van der Waals surface area contributed by atoms with Crippen LogP contribution in [0.1, 0.15) is 38.2 Å². The SMILES string of the molecule is CCN(CC1CC1)c1ccc(CNC2CC2)cn1. The van der Waals surface area contributed by atoms with Crippen LogP contribution in [-0.2, 0) is 6.54 Å². The molecule has 2 fully saturated rings. The molecule has 0 spiro atoms. The van der Waals surface area contributed by atoms with Crippen molar-refractivity contribution in [2.45, 2.75) is 45.2 Å². The van der Waals surface area contributed by atoms with Crippen LogP contribution in [0.2, 0.25) is 0 Å². The summed E-state index contributed by atoms with van der Waals surface area (Å²) in [5.74, 6) is 2.06. The molecule has 3 heteroatoms. The van der Waals surface area contributed by atoms with Crippen LogP contribution in [-0.4, -0.2) is 24.1 Å². The zero-order chi connectivity index (χ0) is 12.4. The van der Waals surface area contributed by atoms with Gasteiger partial charge in [0, 0.05) is 31.9 Å².